The van der Waals surface area contributed by atoms with Gasteiger partial charge in [-0.15, -0.1) is 0 Å². The van der Waals surface area contributed by atoms with Gasteiger partial charge in [0.25, 0.3) is 0 Å². The highest BCUT2D eigenvalue weighted by molar-refractivity contribution is 5.88. The Morgan fingerprint density at radius 1 is 0.957 bits per heavy atom. The fourth-order valence-corrected chi connectivity index (χ4v) is 2.25. The van der Waals surface area contributed by atoms with Crippen LogP contribution in [0.25, 0.3) is 0 Å². The maximum atomic E-state index is 10.9. The molecule has 122 valence electrons. The summed E-state index contributed by atoms with van der Waals surface area (Å²) in [6.45, 7) is 4.75. The van der Waals surface area contributed by atoms with Crippen LogP contribution in [0.4, 0.5) is 0 Å². The first kappa shape index (κ1) is 16.7. The summed E-state index contributed by atoms with van der Waals surface area (Å²) in [7, 11) is 1.47. The van der Waals surface area contributed by atoms with E-state index in [0.29, 0.717) is 24.7 Å². The van der Waals surface area contributed by atoms with Crippen LogP contribution in [-0.4, -0.2) is 31.4 Å². The third-order valence-electron chi connectivity index (χ3n) is 3.22. The minimum absolute atomic E-state index is 0.153. The topological polar surface area (TPSA) is 65.0 Å². The predicted molar refractivity (Wildman–Crippen MR) is 86.9 cm³/mol. The van der Waals surface area contributed by atoms with Gasteiger partial charge in [0.2, 0.25) is 0 Å². The molecule has 5 nitrogen and oxygen atoms in total. The second kappa shape index (κ2) is 7.54. The summed E-state index contributed by atoms with van der Waals surface area (Å²) >= 11 is 0. The van der Waals surface area contributed by atoms with Crippen LogP contribution in [0, 0.1) is 13.8 Å². The highest BCUT2D eigenvalue weighted by atomic mass is 16.5. The van der Waals surface area contributed by atoms with Crippen LogP contribution < -0.4 is 14.2 Å². The van der Waals surface area contributed by atoms with Crippen LogP contribution in [0.2, 0.25) is 0 Å². The van der Waals surface area contributed by atoms with E-state index in [1.54, 1.807) is 6.07 Å². The van der Waals surface area contributed by atoms with Crippen molar-refractivity contribution < 1.29 is 24.1 Å². The van der Waals surface area contributed by atoms with Crippen LogP contribution in [0.15, 0.2) is 36.4 Å². The molecule has 0 amide bonds. The number of benzene rings is 2. The first-order valence-corrected chi connectivity index (χ1v) is 7.25. The molecule has 0 aromatic heterocycles. The first-order chi connectivity index (χ1) is 11.0. The van der Waals surface area contributed by atoms with Crippen LogP contribution in [0.1, 0.15) is 21.5 Å². The van der Waals surface area contributed by atoms with Crippen LogP contribution in [-0.2, 0) is 0 Å². The number of methoxy groups -OCH3 is 1. The van der Waals surface area contributed by atoms with Crippen molar-refractivity contribution in [3.8, 4) is 17.2 Å². The molecule has 0 aliphatic carbocycles. The molecule has 0 spiro atoms. The number of aromatic carboxylic acids is 1. The van der Waals surface area contributed by atoms with Crippen molar-refractivity contribution in [2.45, 2.75) is 13.8 Å². The largest absolute Gasteiger partial charge is 0.493 e. The molecule has 0 unspecified atom stereocenters. The smallest absolute Gasteiger partial charge is 0.335 e. The molecule has 0 atom stereocenters. The molecule has 23 heavy (non-hydrogen) atoms. The Morgan fingerprint density at radius 3 is 2.22 bits per heavy atom. The molecule has 1 N–H and O–H groups in total. The minimum Gasteiger partial charge on any atom is -0.493 e. The average molecular weight is 316 g/mol. The number of rotatable bonds is 7. The number of carbonyl (C=O) groups is 1. The van der Waals surface area contributed by atoms with Crippen LogP contribution in [0.3, 0.4) is 0 Å². The van der Waals surface area contributed by atoms with Gasteiger partial charge in [-0.2, -0.15) is 0 Å². The van der Waals surface area contributed by atoms with E-state index in [1.807, 2.05) is 26.0 Å². The standard InChI is InChI=1S/C18H20O5/c1-12-8-13(2)10-15(9-12)22-6-7-23-16-5-4-14(18(19)20)11-17(16)21-3/h4-5,8-11H,6-7H2,1-3H3,(H,19,20). The van der Waals surface area contributed by atoms with Gasteiger partial charge < -0.3 is 19.3 Å². The number of ether oxygens (including phenoxy) is 3. The third kappa shape index (κ3) is 4.64. The zero-order chi connectivity index (χ0) is 16.8. The van der Waals surface area contributed by atoms with E-state index in [-0.39, 0.29) is 5.56 Å². The quantitative estimate of drug-likeness (QED) is 0.792. The van der Waals surface area contributed by atoms with Gasteiger partial charge in [-0.3, -0.25) is 0 Å². The van der Waals surface area contributed by atoms with Gasteiger partial charge in [0.15, 0.2) is 11.5 Å². The summed E-state index contributed by atoms with van der Waals surface area (Å²) in [5.74, 6) is 0.671. The van der Waals surface area contributed by atoms with Crippen molar-refractivity contribution in [1.82, 2.24) is 0 Å². The molecule has 0 aliphatic heterocycles. The molecule has 0 radical (unpaired) electrons. The van der Waals surface area contributed by atoms with Crippen LogP contribution >= 0.6 is 0 Å². The second-order valence-corrected chi connectivity index (χ2v) is 5.19. The van der Waals surface area contributed by atoms with E-state index < -0.39 is 5.97 Å². The molecule has 2 rings (SSSR count). The van der Waals surface area contributed by atoms with Gasteiger partial charge >= 0.3 is 5.97 Å². The number of hydrogen-bond acceptors (Lipinski definition) is 4. The summed E-state index contributed by atoms with van der Waals surface area (Å²) in [4.78, 5) is 10.9. The summed E-state index contributed by atoms with van der Waals surface area (Å²) in [5.41, 5.74) is 2.44. The maximum Gasteiger partial charge on any atom is 0.335 e. The normalized spacial score (nSPS) is 10.2. The molecule has 5 heteroatoms. The maximum absolute atomic E-state index is 10.9. The summed E-state index contributed by atoms with van der Waals surface area (Å²) in [6, 6.07) is 10.5. The van der Waals surface area contributed by atoms with E-state index in [9.17, 15) is 4.79 Å². The predicted octanol–water partition coefficient (Wildman–Crippen LogP) is 3.47. The molecule has 0 saturated carbocycles. The van der Waals surface area contributed by atoms with Crippen molar-refractivity contribution >= 4 is 5.97 Å². The number of aryl methyl sites for hydroxylation is 2. The highest BCUT2D eigenvalue weighted by Gasteiger charge is 2.10. The van der Waals surface area contributed by atoms with Crippen molar-refractivity contribution in [2.75, 3.05) is 20.3 Å². The lowest BCUT2D eigenvalue weighted by Gasteiger charge is -2.12. The van der Waals surface area contributed by atoms with Gasteiger partial charge in [0, 0.05) is 0 Å². The van der Waals surface area contributed by atoms with E-state index in [4.69, 9.17) is 19.3 Å². The Kier molecular flexibility index (Phi) is 5.46. The molecule has 0 saturated heterocycles. The van der Waals surface area contributed by atoms with Gasteiger partial charge in [-0.05, 0) is 55.3 Å². The molecular weight excluding hydrogens is 296 g/mol. The molecule has 0 fully saturated rings. The Hall–Kier alpha value is -2.69. The Balaban J connectivity index is 1.92. The highest BCUT2D eigenvalue weighted by Crippen LogP contribution is 2.28. The van der Waals surface area contributed by atoms with Crippen LogP contribution in [0.5, 0.6) is 17.2 Å². The number of carboxylic acid groups (broad SMARTS) is 1. The molecule has 2 aromatic carbocycles. The lowest BCUT2D eigenvalue weighted by Crippen LogP contribution is -2.10. The summed E-state index contributed by atoms with van der Waals surface area (Å²) in [5, 5.41) is 8.96. The van der Waals surface area contributed by atoms with Crippen molar-refractivity contribution in [3.05, 3.63) is 53.1 Å². The Morgan fingerprint density at radius 2 is 1.61 bits per heavy atom. The van der Waals surface area contributed by atoms with E-state index in [2.05, 4.69) is 6.07 Å². The molecule has 2 aromatic rings. The van der Waals surface area contributed by atoms with Gasteiger partial charge in [0.1, 0.15) is 19.0 Å². The van der Waals surface area contributed by atoms with E-state index in [0.717, 1.165) is 16.9 Å². The SMILES string of the molecule is COc1cc(C(=O)O)ccc1OCCOc1cc(C)cc(C)c1. The number of carboxylic acids is 1. The van der Waals surface area contributed by atoms with Crippen molar-refractivity contribution in [3.63, 3.8) is 0 Å². The third-order valence-corrected chi connectivity index (χ3v) is 3.22. The minimum atomic E-state index is -1.01. The molecule has 0 aliphatic rings. The molecule has 0 heterocycles. The fraction of sp³-hybridized carbons (Fsp3) is 0.278. The zero-order valence-corrected chi connectivity index (χ0v) is 13.5. The molecular formula is C18H20O5. The Labute approximate surface area is 135 Å². The van der Waals surface area contributed by atoms with Gasteiger partial charge in [0.05, 0.1) is 12.7 Å². The van der Waals surface area contributed by atoms with E-state index >= 15 is 0 Å². The summed E-state index contributed by atoms with van der Waals surface area (Å²) in [6.07, 6.45) is 0. The average Bonchev–Trinajstić information content (AvgIpc) is 2.50. The van der Waals surface area contributed by atoms with Gasteiger partial charge in [-0.1, -0.05) is 6.07 Å². The number of hydrogen-bond donors (Lipinski definition) is 1. The fourth-order valence-electron chi connectivity index (χ4n) is 2.25. The lowest BCUT2D eigenvalue weighted by atomic mass is 10.1. The zero-order valence-electron chi connectivity index (χ0n) is 13.5. The van der Waals surface area contributed by atoms with Crippen molar-refractivity contribution in [1.29, 1.82) is 0 Å². The lowest BCUT2D eigenvalue weighted by molar-refractivity contribution is 0.0696. The van der Waals surface area contributed by atoms with E-state index in [1.165, 1.54) is 19.2 Å². The first-order valence-electron chi connectivity index (χ1n) is 7.25. The Bertz CT molecular complexity index is 674. The van der Waals surface area contributed by atoms with Gasteiger partial charge in [-0.25, -0.2) is 4.79 Å². The second-order valence-electron chi connectivity index (χ2n) is 5.19. The molecule has 0 bridgehead atoms. The summed E-state index contributed by atoms with van der Waals surface area (Å²) < 4.78 is 16.4. The monoisotopic (exact) mass is 316 g/mol. The van der Waals surface area contributed by atoms with Crippen molar-refractivity contribution in [2.24, 2.45) is 0 Å².